The van der Waals surface area contributed by atoms with E-state index in [1.165, 1.54) is 6.42 Å². The molecule has 1 amide bonds. The largest absolute Gasteiger partial charge is 0.496 e. The van der Waals surface area contributed by atoms with Crippen molar-refractivity contribution in [3.8, 4) is 16.9 Å². The van der Waals surface area contributed by atoms with Gasteiger partial charge < -0.3 is 15.2 Å². The van der Waals surface area contributed by atoms with E-state index in [-0.39, 0.29) is 42.7 Å². The maximum atomic E-state index is 14.2. The van der Waals surface area contributed by atoms with Gasteiger partial charge in [0.15, 0.2) is 0 Å². The Hall–Kier alpha value is -3.44. The Labute approximate surface area is 297 Å². The third-order valence-electron chi connectivity index (χ3n) is 11.9. The maximum absolute atomic E-state index is 14.2. The maximum Gasteiger partial charge on any atom is 0.240 e. The number of methoxy groups -OCH3 is 1. The molecule has 1 heterocycles. The number of hydrogen-bond acceptors (Lipinski definition) is 7. The lowest BCUT2D eigenvalue weighted by Crippen LogP contribution is -2.62. The van der Waals surface area contributed by atoms with Gasteiger partial charge in [-0.05, 0) is 71.6 Å². The highest BCUT2D eigenvalue weighted by molar-refractivity contribution is 7.92. The molecule has 50 heavy (non-hydrogen) atoms. The average molecular weight is 704 g/mol. The molecule has 0 radical (unpaired) electrons. The van der Waals surface area contributed by atoms with Gasteiger partial charge in [0.1, 0.15) is 17.9 Å². The second-order valence-electron chi connectivity index (χ2n) is 15.5. The van der Waals surface area contributed by atoms with Gasteiger partial charge in [-0.25, -0.2) is 8.42 Å². The molecule has 3 aromatic rings. The number of benzene rings is 3. The molecule has 7 atom stereocenters. The van der Waals surface area contributed by atoms with E-state index in [1.807, 2.05) is 60.7 Å². The standard InChI is InChI=1S/C40H53N3O6S/c1-25(2)36-35(24-44)49-43(37(36)39(45)41-34-22-30-21-33(26(34)3)40(30,4)5)23-29-15-11-17-32(38(29)48-6)28-14-10-16-31(20-28)42-50(46,47)19-18-27-12-8-7-9-13-27/h7-17,20,25-26,30,33-37,42,44H,18-19,21-24H2,1-6H3,(H,41,45)/t26-,30+,33+,34-,35-,36-,37-/m0/s1. The van der Waals surface area contributed by atoms with Crippen LogP contribution in [-0.4, -0.2) is 62.2 Å². The van der Waals surface area contributed by atoms with Crippen LogP contribution in [0.3, 0.4) is 0 Å². The number of fused-ring (bicyclic) bond motifs is 2. The minimum Gasteiger partial charge on any atom is -0.496 e. The van der Waals surface area contributed by atoms with Gasteiger partial charge in [0.05, 0.1) is 26.0 Å². The number of rotatable bonds is 13. The van der Waals surface area contributed by atoms with E-state index >= 15 is 0 Å². The smallest absolute Gasteiger partial charge is 0.240 e. The van der Waals surface area contributed by atoms with E-state index < -0.39 is 22.2 Å². The first-order valence-electron chi connectivity index (χ1n) is 18.0. The molecule has 2 bridgehead atoms. The number of aliphatic hydroxyl groups excluding tert-OH is 1. The quantitative estimate of drug-likeness (QED) is 0.192. The van der Waals surface area contributed by atoms with Crippen molar-refractivity contribution in [3.05, 3.63) is 83.9 Å². The molecule has 0 aromatic heterocycles. The van der Waals surface area contributed by atoms with Crippen LogP contribution in [0, 0.1) is 35.0 Å². The number of aliphatic hydroxyl groups is 1. The van der Waals surface area contributed by atoms with E-state index in [9.17, 15) is 18.3 Å². The molecule has 3 saturated carbocycles. The Kier molecular flexibility index (Phi) is 10.7. The second-order valence-corrected chi connectivity index (χ2v) is 17.3. The van der Waals surface area contributed by atoms with E-state index in [0.29, 0.717) is 41.0 Å². The Morgan fingerprint density at radius 2 is 1.80 bits per heavy atom. The Bertz CT molecular complexity index is 1760. The molecule has 3 N–H and O–H groups in total. The summed E-state index contributed by atoms with van der Waals surface area (Å²) >= 11 is 0. The number of carbonyl (C=O) groups is 1. The fraction of sp³-hybridized carbons (Fsp3) is 0.525. The van der Waals surface area contributed by atoms with E-state index in [0.717, 1.165) is 28.7 Å². The van der Waals surface area contributed by atoms with Crippen molar-refractivity contribution in [2.45, 2.75) is 78.6 Å². The molecule has 3 aliphatic carbocycles. The molecular weight excluding hydrogens is 651 g/mol. The molecule has 10 heteroatoms. The summed E-state index contributed by atoms with van der Waals surface area (Å²) in [4.78, 5) is 20.6. The van der Waals surface area contributed by atoms with Crippen LogP contribution in [0.25, 0.3) is 11.1 Å². The van der Waals surface area contributed by atoms with Crippen LogP contribution in [-0.2, 0) is 32.6 Å². The zero-order valence-electron chi connectivity index (χ0n) is 30.1. The van der Waals surface area contributed by atoms with Crippen molar-refractivity contribution in [1.29, 1.82) is 0 Å². The summed E-state index contributed by atoms with van der Waals surface area (Å²) in [7, 11) is -1.98. The molecule has 1 saturated heterocycles. The molecule has 1 aliphatic heterocycles. The zero-order chi connectivity index (χ0) is 35.8. The number of para-hydroxylation sites is 1. The third kappa shape index (κ3) is 7.31. The second kappa shape index (κ2) is 14.7. The van der Waals surface area contributed by atoms with Gasteiger partial charge in [-0.3, -0.25) is 14.4 Å². The number of amides is 1. The molecule has 9 nitrogen and oxygen atoms in total. The predicted molar refractivity (Wildman–Crippen MR) is 197 cm³/mol. The minimum absolute atomic E-state index is 0.0321. The number of nitrogens with one attached hydrogen (secondary N) is 2. The number of anilines is 1. The Morgan fingerprint density at radius 1 is 1.06 bits per heavy atom. The third-order valence-corrected chi connectivity index (χ3v) is 13.1. The predicted octanol–water partition coefficient (Wildman–Crippen LogP) is 6.28. The monoisotopic (exact) mass is 703 g/mol. The SMILES string of the molecule is COc1c(CN2O[C@@H](CO)[C@H](C(C)C)[C@H]2C(=O)N[C@H]2C[C@H]3C[C@H]([C@@H]2C)C3(C)C)cccc1-c1cccc(NS(=O)(=O)CCc2ccccc2)c1. The number of sulfonamides is 1. The fourth-order valence-electron chi connectivity index (χ4n) is 8.93. The Morgan fingerprint density at radius 3 is 2.46 bits per heavy atom. The van der Waals surface area contributed by atoms with Gasteiger partial charge in [0, 0.05) is 28.8 Å². The van der Waals surface area contributed by atoms with Crippen LogP contribution < -0.4 is 14.8 Å². The number of ether oxygens (including phenoxy) is 1. The zero-order valence-corrected chi connectivity index (χ0v) is 31.0. The first kappa shape index (κ1) is 36.4. The van der Waals surface area contributed by atoms with Gasteiger partial charge >= 0.3 is 0 Å². The van der Waals surface area contributed by atoms with Crippen molar-refractivity contribution in [3.63, 3.8) is 0 Å². The van der Waals surface area contributed by atoms with Crippen molar-refractivity contribution in [2.24, 2.45) is 35.0 Å². The van der Waals surface area contributed by atoms with Crippen LogP contribution in [0.4, 0.5) is 5.69 Å². The molecular formula is C40H53N3O6S. The minimum atomic E-state index is -3.59. The number of aryl methyl sites for hydroxylation is 1. The summed E-state index contributed by atoms with van der Waals surface area (Å²) in [5, 5.41) is 15.5. The molecule has 4 fully saturated rings. The molecule has 3 aromatic carbocycles. The van der Waals surface area contributed by atoms with Crippen LogP contribution in [0.1, 0.15) is 58.6 Å². The van der Waals surface area contributed by atoms with Crippen molar-refractivity contribution < 1.29 is 27.9 Å². The lowest BCUT2D eigenvalue weighted by Gasteiger charge is -2.62. The summed E-state index contributed by atoms with van der Waals surface area (Å²) in [5.74, 6) is 2.02. The number of carbonyl (C=O) groups excluding carboxylic acids is 1. The summed E-state index contributed by atoms with van der Waals surface area (Å²) in [6.07, 6.45) is 2.12. The lowest BCUT2D eigenvalue weighted by molar-refractivity contribution is -0.183. The average Bonchev–Trinajstić information content (AvgIpc) is 3.47. The lowest BCUT2D eigenvalue weighted by atomic mass is 9.45. The Balaban J connectivity index is 1.22. The van der Waals surface area contributed by atoms with Gasteiger partial charge in [-0.1, -0.05) is 95.3 Å². The van der Waals surface area contributed by atoms with E-state index in [2.05, 4.69) is 44.7 Å². The number of hydrogen-bond donors (Lipinski definition) is 3. The topological polar surface area (TPSA) is 117 Å². The normalized spacial score (nSPS) is 27.5. The summed E-state index contributed by atoms with van der Waals surface area (Å²) in [6.45, 7) is 11.2. The van der Waals surface area contributed by atoms with Gasteiger partial charge in [0.2, 0.25) is 15.9 Å². The van der Waals surface area contributed by atoms with Crippen molar-refractivity contribution in [1.82, 2.24) is 10.4 Å². The van der Waals surface area contributed by atoms with Crippen LogP contribution in [0.2, 0.25) is 0 Å². The molecule has 0 spiro atoms. The van der Waals surface area contributed by atoms with Gasteiger partial charge in [0.25, 0.3) is 0 Å². The van der Waals surface area contributed by atoms with Gasteiger partial charge in [-0.2, -0.15) is 5.06 Å². The van der Waals surface area contributed by atoms with Crippen LogP contribution in [0.5, 0.6) is 5.75 Å². The summed E-state index contributed by atoms with van der Waals surface area (Å²) in [5.41, 5.74) is 4.12. The highest BCUT2D eigenvalue weighted by atomic mass is 32.2. The molecule has 7 rings (SSSR count). The highest BCUT2D eigenvalue weighted by Gasteiger charge is 2.57. The first-order chi connectivity index (χ1) is 23.8. The fourth-order valence-corrected chi connectivity index (χ4v) is 10.0. The van der Waals surface area contributed by atoms with Crippen LogP contribution >= 0.6 is 0 Å². The summed E-state index contributed by atoms with van der Waals surface area (Å²) < 4.78 is 34.7. The molecule has 4 aliphatic rings. The molecule has 270 valence electrons. The van der Waals surface area contributed by atoms with Crippen molar-refractivity contribution in [2.75, 3.05) is 24.2 Å². The summed E-state index contributed by atoms with van der Waals surface area (Å²) in [6, 6.07) is 22.2. The van der Waals surface area contributed by atoms with Crippen molar-refractivity contribution >= 4 is 21.6 Å². The molecule has 0 unspecified atom stereocenters. The first-order valence-corrected chi connectivity index (χ1v) is 19.6. The van der Waals surface area contributed by atoms with Crippen LogP contribution in [0.15, 0.2) is 72.8 Å². The number of hydroxylamine groups is 2. The van der Waals surface area contributed by atoms with Gasteiger partial charge in [-0.15, -0.1) is 0 Å². The van der Waals surface area contributed by atoms with E-state index in [4.69, 9.17) is 9.57 Å². The highest BCUT2D eigenvalue weighted by Crippen LogP contribution is 2.61. The number of nitrogens with zero attached hydrogens (tertiary/aromatic N) is 1. The van der Waals surface area contributed by atoms with E-state index in [1.54, 1.807) is 24.3 Å².